The highest BCUT2D eigenvalue weighted by Gasteiger charge is 2.34. The fourth-order valence-electron chi connectivity index (χ4n) is 3.21. The van der Waals surface area contributed by atoms with E-state index in [2.05, 4.69) is 64.7 Å². The van der Waals surface area contributed by atoms with Gasteiger partial charge in [-0.2, -0.15) is 5.10 Å². The minimum absolute atomic E-state index is 0.0714. The van der Waals surface area contributed by atoms with Gasteiger partial charge in [-0.15, -0.1) is 5.10 Å². The van der Waals surface area contributed by atoms with Crippen LogP contribution in [0.3, 0.4) is 0 Å². The van der Waals surface area contributed by atoms with E-state index in [0.717, 1.165) is 24.6 Å². The summed E-state index contributed by atoms with van der Waals surface area (Å²) in [5, 5.41) is 8.82. The Labute approximate surface area is 134 Å². The van der Waals surface area contributed by atoms with Crippen molar-refractivity contribution in [2.24, 2.45) is 0 Å². The van der Waals surface area contributed by atoms with Crippen LogP contribution in [0.4, 0.5) is 5.82 Å². The van der Waals surface area contributed by atoms with Crippen molar-refractivity contribution in [1.82, 2.24) is 20.0 Å². The van der Waals surface area contributed by atoms with Crippen LogP contribution in [0.2, 0.25) is 0 Å². The molecule has 3 rings (SSSR count). The Hall–Kier alpha value is -1.20. The van der Waals surface area contributed by atoms with Crippen LogP contribution < -0.4 is 4.90 Å². The van der Waals surface area contributed by atoms with Gasteiger partial charge in [0.2, 0.25) is 0 Å². The van der Waals surface area contributed by atoms with E-state index in [9.17, 15) is 0 Å². The van der Waals surface area contributed by atoms with Crippen LogP contribution in [0.15, 0.2) is 12.1 Å². The Morgan fingerprint density at radius 2 is 1.73 bits per heavy atom. The summed E-state index contributed by atoms with van der Waals surface area (Å²) in [4.78, 5) is 7.51. The number of likely N-dealkylation sites (N-methyl/N-ethyl adjacent to an activating group) is 1. The van der Waals surface area contributed by atoms with Crippen LogP contribution in [0.1, 0.15) is 33.4 Å². The van der Waals surface area contributed by atoms with E-state index in [0.29, 0.717) is 6.04 Å². The Kier molecular flexibility index (Phi) is 4.37. The van der Waals surface area contributed by atoms with Crippen molar-refractivity contribution >= 4 is 5.82 Å². The van der Waals surface area contributed by atoms with Crippen LogP contribution in [0.5, 0.6) is 0 Å². The van der Waals surface area contributed by atoms with Crippen molar-refractivity contribution in [3.63, 3.8) is 0 Å². The lowest BCUT2D eigenvalue weighted by Gasteiger charge is -2.48. The maximum atomic E-state index is 4.42. The maximum Gasteiger partial charge on any atom is 0.151 e. The van der Waals surface area contributed by atoms with E-state index in [1.807, 2.05) is 0 Å². The molecule has 0 unspecified atom stereocenters. The quantitative estimate of drug-likeness (QED) is 0.847. The van der Waals surface area contributed by atoms with Crippen molar-refractivity contribution in [3.8, 4) is 0 Å². The van der Waals surface area contributed by atoms with Gasteiger partial charge >= 0.3 is 0 Å². The van der Waals surface area contributed by atoms with Crippen molar-refractivity contribution in [2.45, 2.75) is 39.2 Å². The molecule has 0 atom stereocenters. The summed E-state index contributed by atoms with van der Waals surface area (Å²) >= 11 is 0. The minimum atomic E-state index is 0.0714. The van der Waals surface area contributed by atoms with E-state index >= 15 is 0 Å². The molecule has 0 N–H and O–H groups in total. The molecule has 5 nitrogen and oxygen atoms in total. The summed E-state index contributed by atoms with van der Waals surface area (Å²) in [6, 6.07) is 4.94. The molecule has 0 spiro atoms. The lowest BCUT2D eigenvalue weighted by Crippen LogP contribution is -2.63. The Balaban J connectivity index is 1.51. The van der Waals surface area contributed by atoms with Crippen LogP contribution in [-0.2, 0) is 5.41 Å². The molecule has 0 saturated carbocycles. The molecule has 1 aromatic rings. The molecule has 2 aliphatic heterocycles. The van der Waals surface area contributed by atoms with Gasteiger partial charge in [0, 0.05) is 50.7 Å². The highest BCUT2D eigenvalue weighted by molar-refractivity contribution is 5.42. The number of piperazine rings is 1. The van der Waals surface area contributed by atoms with Gasteiger partial charge in [0.15, 0.2) is 5.82 Å². The second-order valence-electron chi connectivity index (χ2n) is 7.56. The van der Waals surface area contributed by atoms with E-state index in [-0.39, 0.29) is 5.41 Å². The predicted octanol–water partition coefficient (Wildman–Crippen LogP) is 1.60. The fraction of sp³-hybridized carbons (Fsp3) is 0.765. The molecule has 2 fully saturated rings. The third-order valence-corrected chi connectivity index (χ3v) is 4.98. The average molecular weight is 303 g/mol. The SMILES string of the molecule is CCN1CCN(C2CN(c3ccc(C(C)(C)C)nn3)C2)CC1. The smallest absolute Gasteiger partial charge is 0.151 e. The van der Waals surface area contributed by atoms with Gasteiger partial charge in [-0.1, -0.05) is 27.7 Å². The van der Waals surface area contributed by atoms with E-state index in [1.54, 1.807) is 0 Å². The molecule has 2 aliphatic rings. The zero-order valence-corrected chi connectivity index (χ0v) is 14.4. The van der Waals surface area contributed by atoms with Gasteiger partial charge in [-0.25, -0.2) is 0 Å². The van der Waals surface area contributed by atoms with Gasteiger partial charge in [0.1, 0.15) is 0 Å². The summed E-state index contributed by atoms with van der Waals surface area (Å²) < 4.78 is 0. The highest BCUT2D eigenvalue weighted by Crippen LogP contribution is 2.25. The lowest BCUT2D eigenvalue weighted by atomic mass is 9.92. The molecule has 1 aromatic heterocycles. The molecule has 122 valence electrons. The second-order valence-corrected chi connectivity index (χ2v) is 7.56. The molecule has 3 heterocycles. The number of anilines is 1. The fourth-order valence-corrected chi connectivity index (χ4v) is 3.21. The number of rotatable bonds is 3. The molecule has 0 bridgehead atoms. The molecular formula is C17H29N5. The van der Waals surface area contributed by atoms with Crippen LogP contribution in [0, 0.1) is 0 Å². The number of nitrogens with zero attached hydrogens (tertiary/aromatic N) is 5. The summed E-state index contributed by atoms with van der Waals surface area (Å²) in [7, 11) is 0. The lowest BCUT2D eigenvalue weighted by molar-refractivity contribution is 0.0858. The first-order chi connectivity index (χ1) is 10.5. The molecule has 0 radical (unpaired) electrons. The first-order valence-corrected chi connectivity index (χ1v) is 8.53. The van der Waals surface area contributed by atoms with Crippen LogP contribution in [-0.4, -0.2) is 71.9 Å². The zero-order chi connectivity index (χ0) is 15.7. The standard InChI is InChI=1S/C17H29N5/c1-5-20-8-10-21(11-9-20)14-12-22(13-14)16-7-6-15(18-19-16)17(2,3)4/h6-7,14H,5,8-13H2,1-4H3. The van der Waals surface area contributed by atoms with Gasteiger partial charge in [-0.05, 0) is 18.7 Å². The number of hydrogen-bond donors (Lipinski definition) is 0. The highest BCUT2D eigenvalue weighted by atomic mass is 15.4. The third-order valence-electron chi connectivity index (χ3n) is 4.98. The largest absolute Gasteiger partial charge is 0.352 e. The average Bonchev–Trinajstić information content (AvgIpc) is 2.46. The predicted molar refractivity (Wildman–Crippen MR) is 90.4 cm³/mol. The zero-order valence-electron chi connectivity index (χ0n) is 14.4. The summed E-state index contributed by atoms with van der Waals surface area (Å²) in [5.41, 5.74) is 1.13. The number of hydrogen-bond acceptors (Lipinski definition) is 5. The molecule has 22 heavy (non-hydrogen) atoms. The molecular weight excluding hydrogens is 274 g/mol. The van der Waals surface area contributed by atoms with Crippen LogP contribution in [0.25, 0.3) is 0 Å². The molecule has 5 heteroatoms. The normalized spacial score (nSPS) is 21.9. The molecule has 2 saturated heterocycles. The molecule has 0 aromatic carbocycles. The van der Waals surface area contributed by atoms with E-state index < -0.39 is 0 Å². The first kappa shape index (κ1) is 15.7. The molecule has 0 aliphatic carbocycles. The maximum absolute atomic E-state index is 4.42. The molecule has 0 amide bonds. The van der Waals surface area contributed by atoms with E-state index in [4.69, 9.17) is 0 Å². The van der Waals surface area contributed by atoms with Crippen molar-refractivity contribution in [3.05, 3.63) is 17.8 Å². The van der Waals surface area contributed by atoms with E-state index in [1.165, 1.54) is 32.7 Å². The Bertz CT molecular complexity index is 479. The van der Waals surface area contributed by atoms with Crippen molar-refractivity contribution in [2.75, 3.05) is 50.7 Å². The van der Waals surface area contributed by atoms with Gasteiger partial charge in [0.25, 0.3) is 0 Å². The third kappa shape index (κ3) is 3.25. The van der Waals surface area contributed by atoms with Crippen molar-refractivity contribution in [1.29, 1.82) is 0 Å². The number of aromatic nitrogens is 2. The summed E-state index contributed by atoms with van der Waals surface area (Å²) in [6.07, 6.45) is 0. The van der Waals surface area contributed by atoms with Gasteiger partial charge < -0.3 is 9.80 Å². The summed E-state index contributed by atoms with van der Waals surface area (Å²) in [6.45, 7) is 17.0. The second kappa shape index (κ2) is 6.13. The van der Waals surface area contributed by atoms with Crippen molar-refractivity contribution < 1.29 is 0 Å². The monoisotopic (exact) mass is 303 g/mol. The summed E-state index contributed by atoms with van der Waals surface area (Å²) in [5.74, 6) is 1.02. The first-order valence-electron chi connectivity index (χ1n) is 8.53. The van der Waals surface area contributed by atoms with Crippen LogP contribution >= 0.6 is 0 Å². The Morgan fingerprint density at radius 3 is 2.23 bits per heavy atom. The Morgan fingerprint density at radius 1 is 1.05 bits per heavy atom. The van der Waals surface area contributed by atoms with Gasteiger partial charge in [-0.3, -0.25) is 4.90 Å². The topological polar surface area (TPSA) is 35.5 Å². The van der Waals surface area contributed by atoms with Gasteiger partial charge in [0.05, 0.1) is 5.69 Å². The minimum Gasteiger partial charge on any atom is -0.352 e.